The number of aromatic nitrogens is 1. The van der Waals surface area contributed by atoms with Crippen LogP contribution in [0.25, 0.3) is 10.8 Å². The number of hydrogen-bond acceptors (Lipinski definition) is 7. The summed E-state index contributed by atoms with van der Waals surface area (Å²) in [6, 6.07) is 14.6. The standard InChI is InChI=1S/C20H23N5OS/c1-24(2)15-9-7-14(8-10-15)17(25(3)4)13-22-19-16(12-21)23-20(26-19)18-6-5-11-27-18/h5-11,17,22H,13H2,1-4H3. The van der Waals surface area contributed by atoms with E-state index in [0.29, 0.717) is 18.3 Å². The zero-order chi connectivity index (χ0) is 19.4. The molecule has 0 bridgehead atoms. The summed E-state index contributed by atoms with van der Waals surface area (Å²) in [5, 5.41) is 14.6. The van der Waals surface area contributed by atoms with Gasteiger partial charge in [-0.05, 0) is 43.2 Å². The normalized spacial score (nSPS) is 12.0. The van der Waals surface area contributed by atoms with Crippen molar-refractivity contribution in [2.45, 2.75) is 6.04 Å². The van der Waals surface area contributed by atoms with Crippen LogP contribution < -0.4 is 10.2 Å². The number of hydrogen-bond donors (Lipinski definition) is 1. The van der Waals surface area contributed by atoms with Crippen molar-refractivity contribution < 1.29 is 4.42 Å². The molecule has 0 amide bonds. The molecule has 27 heavy (non-hydrogen) atoms. The summed E-state index contributed by atoms with van der Waals surface area (Å²) in [7, 11) is 8.13. The minimum absolute atomic E-state index is 0.128. The maximum absolute atomic E-state index is 9.38. The average molecular weight is 382 g/mol. The van der Waals surface area contributed by atoms with E-state index < -0.39 is 0 Å². The van der Waals surface area contributed by atoms with Crippen LogP contribution in [0.5, 0.6) is 0 Å². The molecular weight excluding hydrogens is 358 g/mol. The highest BCUT2D eigenvalue weighted by Crippen LogP contribution is 2.29. The van der Waals surface area contributed by atoms with Crippen molar-refractivity contribution in [1.82, 2.24) is 9.88 Å². The summed E-state index contributed by atoms with van der Waals surface area (Å²) in [6.07, 6.45) is 0. The Kier molecular flexibility index (Phi) is 5.79. The van der Waals surface area contributed by atoms with Crippen molar-refractivity contribution in [3.8, 4) is 16.8 Å². The first-order chi connectivity index (χ1) is 13.0. The Bertz CT molecular complexity index is 907. The van der Waals surface area contributed by atoms with Gasteiger partial charge in [0.25, 0.3) is 0 Å². The number of likely N-dealkylation sites (N-methyl/N-ethyl adjacent to an activating group) is 1. The molecule has 0 aliphatic carbocycles. The molecule has 0 fully saturated rings. The molecule has 0 spiro atoms. The number of oxazole rings is 1. The Morgan fingerprint density at radius 3 is 2.48 bits per heavy atom. The summed E-state index contributed by atoms with van der Waals surface area (Å²) in [5.41, 5.74) is 2.63. The third kappa shape index (κ3) is 4.30. The molecule has 3 rings (SSSR count). The fourth-order valence-corrected chi connectivity index (χ4v) is 3.45. The van der Waals surface area contributed by atoms with Gasteiger partial charge in [-0.15, -0.1) is 11.3 Å². The van der Waals surface area contributed by atoms with Gasteiger partial charge in [0.1, 0.15) is 6.07 Å². The predicted octanol–water partition coefficient (Wildman–Crippen LogP) is 4.06. The molecule has 1 unspecified atom stereocenters. The second-order valence-corrected chi connectivity index (χ2v) is 7.58. The van der Waals surface area contributed by atoms with Crippen LogP contribution in [-0.2, 0) is 0 Å². The van der Waals surface area contributed by atoms with Gasteiger partial charge in [0.05, 0.1) is 10.9 Å². The van der Waals surface area contributed by atoms with E-state index in [1.54, 1.807) is 0 Å². The van der Waals surface area contributed by atoms with Gasteiger partial charge in [-0.1, -0.05) is 18.2 Å². The molecule has 1 aromatic carbocycles. The van der Waals surface area contributed by atoms with Crippen LogP contribution in [0, 0.1) is 11.3 Å². The van der Waals surface area contributed by atoms with Crippen molar-refractivity contribution >= 4 is 22.9 Å². The summed E-state index contributed by atoms with van der Waals surface area (Å²) in [6.45, 7) is 0.599. The molecule has 0 aliphatic rings. The quantitative estimate of drug-likeness (QED) is 0.666. The van der Waals surface area contributed by atoms with Gasteiger partial charge in [0.2, 0.25) is 17.5 Å². The molecule has 1 N–H and O–H groups in total. The number of rotatable bonds is 7. The molecule has 0 saturated heterocycles. The van der Waals surface area contributed by atoms with Crippen LogP contribution in [0.1, 0.15) is 17.3 Å². The van der Waals surface area contributed by atoms with E-state index in [4.69, 9.17) is 4.42 Å². The highest BCUT2D eigenvalue weighted by Gasteiger charge is 2.19. The predicted molar refractivity (Wildman–Crippen MR) is 110 cm³/mol. The molecule has 0 aliphatic heterocycles. The van der Waals surface area contributed by atoms with Crippen molar-refractivity contribution in [2.24, 2.45) is 0 Å². The Morgan fingerprint density at radius 1 is 1.19 bits per heavy atom. The van der Waals surface area contributed by atoms with Crippen molar-refractivity contribution in [3.63, 3.8) is 0 Å². The molecular formula is C20H23N5OS. The SMILES string of the molecule is CN(C)c1ccc(C(CNc2oc(-c3cccs3)nc2C#N)N(C)C)cc1. The summed E-state index contributed by atoms with van der Waals surface area (Å²) < 4.78 is 5.81. The topological polar surface area (TPSA) is 68.3 Å². The third-order valence-electron chi connectivity index (χ3n) is 4.34. The lowest BCUT2D eigenvalue weighted by Crippen LogP contribution is -2.27. The minimum atomic E-state index is 0.128. The number of nitriles is 1. The number of benzene rings is 1. The zero-order valence-corrected chi connectivity index (χ0v) is 16.7. The van der Waals surface area contributed by atoms with Crippen molar-refractivity contribution in [1.29, 1.82) is 5.26 Å². The molecule has 7 heteroatoms. The summed E-state index contributed by atoms with van der Waals surface area (Å²) >= 11 is 1.53. The van der Waals surface area contributed by atoms with E-state index in [2.05, 4.69) is 50.4 Å². The van der Waals surface area contributed by atoms with Crippen LogP contribution in [0.2, 0.25) is 0 Å². The second kappa shape index (κ2) is 8.25. The highest BCUT2D eigenvalue weighted by atomic mass is 32.1. The van der Waals surface area contributed by atoms with Gasteiger partial charge in [0.15, 0.2) is 0 Å². The van der Waals surface area contributed by atoms with E-state index in [1.807, 2.05) is 45.7 Å². The largest absolute Gasteiger partial charge is 0.418 e. The van der Waals surface area contributed by atoms with Crippen LogP contribution in [0.3, 0.4) is 0 Å². The Morgan fingerprint density at radius 2 is 1.93 bits per heavy atom. The average Bonchev–Trinajstić information content (AvgIpc) is 3.31. The molecule has 0 radical (unpaired) electrons. The molecule has 2 aromatic heterocycles. The van der Waals surface area contributed by atoms with Crippen LogP contribution in [0.15, 0.2) is 46.2 Å². The smallest absolute Gasteiger partial charge is 0.240 e. The zero-order valence-electron chi connectivity index (χ0n) is 15.9. The summed E-state index contributed by atoms with van der Waals surface area (Å²) in [4.78, 5) is 9.42. The molecule has 140 valence electrons. The lowest BCUT2D eigenvalue weighted by molar-refractivity contribution is 0.310. The first-order valence-electron chi connectivity index (χ1n) is 8.62. The fraction of sp³-hybridized carbons (Fsp3) is 0.300. The maximum Gasteiger partial charge on any atom is 0.240 e. The van der Waals surface area contributed by atoms with Gasteiger partial charge in [-0.2, -0.15) is 10.2 Å². The van der Waals surface area contributed by atoms with Crippen LogP contribution >= 0.6 is 11.3 Å². The number of anilines is 2. The van der Waals surface area contributed by atoms with Crippen molar-refractivity contribution in [2.75, 3.05) is 45.0 Å². The third-order valence-corrected chi connectivity index (χ3v) is 5.20. The van der Waals surface area contributed by atoms with Crippen LogP contribution in [-0.4, -0.2) is 44.6 Å². The van der Waals surface area contributed by atoms with E-state index in [0.717, 1.165) is 10.6 Å². The monoisotopic (exact) mass is 381 g/mol. The van der Waals surface area contributed by atoms with Gasteiger partial charge in [0, 0.05) is 26.3 Å². The molecule has 3 aromatic rings. The van der Waals surface area contributed by atoms with Gasteiger partial charge in [-0.3, -0.25) is 0 Å². The first-order valence-corrected chi connectivity index (χ1v) is 9.50. The van der Waals surface area contributed by atoms with Crippen LogP contribution in [0.4, 0.5) is 11.6 Å². The van der Waals surface area contributed by atoms with Gasteiger partial charge >= 0.3 is 0 Å². The number of thiophene rings is 1. The number of nitrogens with one attached hydrogen (secondary N) is 1. The van der Waals surface area contributed by atoms with E-state index in [9.17, 15) is 5.26 Å². The Hall–Kier alpha value is -2.82. The molecule has 0 saturated carbocycles. The van der Waals surface area contributed by atoms with Gasteiger partial charge in [-0.25, -0.2) is 0 Å². The lowest BCUT2D eigenvalue weighted by Gasteiger charge is -2.25. The number of nitrogens with zero attached hydrogens (tertiary/aromatic N) is 4. The first kappa shape index (κ1) is 19.0. The van der Waals surface area contributed by atoms with Gasteiger partial charge < -0.3 is 19.5 Å². The highest BCUT2D eigenvalue weighted by molar-refractivity contribution is 7.13. The Balaban J connectivity index is 1.77. The van der Waals surface area contributed by atoms with Crippen molar-refractivity contribution in [3.05, 3.63) is 53.0 Å². The summed E-state index contributed by atoms with van der Waals surface area (Å²) in [5.74, 6) is 0.887. The fourth-order valence-electron chi connectivity index (χ4n) is 2.80. The molecule has 6 nitrogen and oxygen atoms in total. The van der Waals surface area contributed by atoms with E-state index in [1.165, 1.54) is 16.9 Å². The second-order valence-electron chi connectivity index (χ2n) is 6.63. The minimum Gasteiger partial charge on any atom is -0.418 e. The maximum atomic E-state index is 9.38. The lowest BCUT2D eigenvalue weighted by atomic mass is 10.1. The Labute approximate surface area is 163 Å². The molecule has 2 heterocycles. The van der Waals surface area contributed by atoms with E-state index in [-0.39, 0.29) is 11.7 Å². The molecule has 1 atom stereocenters. The van der Waals surface area contributed by atoms with E-state index >= 15 is 0 Å².